The van der Waals surface area contributed by atoms with Crippen molar-refractivity contribution in [1.29, 1.82) is 0 Å². The van der Waals surface area contributed by atoms with Gasteiger partial charge in [-0.15, -0.1) is 0 Å². The Balaban J connectivity index is 2.12. The van der Waals surface area contributed by atoms with Gasteiger partial charge in [-0.05, 0) is 29.9 Å². The number of nitrogens with one attached hydrogen (secondary N) is 1. The molecule has 4 nitrogen and oxygen atoms in total. The summed E-state index contributed by atoms with van der Waals surface area (Å²) in [6.45, 7) is 1.32. The van der Waals surface area contributed by atoms with Gasteiger partial charge < -0.3 is 5.32 Å². The monoisotopic (exact) mass is 282 g/mol. The topological polar surface area (TPSA) is 49.4 Å². The normalized spacial score (nSPS) is 19.0. The second-order valence-electron chi connectivity index (χ2n) is 4.03. The van der Waals surface area contributed by atoms with E-state index in [0.717, 1.165) is 10.5 Å². The van der Waals surface area contributed by atoms with Gasteiger partial charge in [0.15, 0.2) is 5.11 Å². The number of hydrogen-bond acceptors (Lipinski definition) is 3. The van der Waals surface area contributed by atoms with Crippen LogP contribution in [0.3, 0.4) is 0 Å². The minimum Gasteiger partial charge on any atom is -0.350 e. The van der Waals surface area contributed by atoms with Gasteiger partial charge in [0.05, 0.1) is 0 Å². The minimum atomic E-state index is -0.484. The zero-order valence-corrected chi connectivity index (χ0v) is 11.2. The Morgan fingerprint density at radius 3 is 2.56 bits per heavy atom. The van der Waals surface area contributed by atoms with Crippen LogP contribution in [0.2, 0.25) is 5.02 Å². The fraction of sp³-hybridized carbons (Fsp3) is 0.250. The zero-order valence-electron chi connectivity index (χ0n) is 9.64. The lowest BCUT2D eigenvalue weighted by molar-refractivity contribution is -0.137. The van der Waals surface area contributed by atoms with Gasteiger partial charge in [-0.1, -0.05) is 23.7 Å². The third kappa shape index (κ3) is 2.52. The van der Waals surface area contributed by atoms with Crippen LogP contribution in [0.15, 0.2) is 24.3 Å². The summed E-state index contributed by atoms with van der Waals surface area (Å²) in [5.74, 6) is -0.668. The number of carbonyl (C=O) groups is 2. The molecule has 1 saturated heterocycles. The summed E-state index contributed by atoms with van der Waals surface area (Å²) in [5.41, 5.74) is 0.957. The van der Waals surface area contributed by atoms with Crippen molar-refractivity contribution in [2.24, 2.45) is 0 Å². The summed E-state index contributed by atoms with van der Waals surface area (Å²) in [7, 11) is 0. The van der Waals surface area contributed by atoms with E-state index < -0.39 is 6.04 Å². The maximum atomic E-state index is 12.0. The molecule has 2 amide bonds. The first-order chi connectivity index (χ1) is 8.49. The molecule has 0 saturated carbocycles. The Morgan fingerprint density at radius 2 is 2.06 bits per heavy atom. The molecule has 0 bridgehead atoms. The molecule has 0 unspecified atom stereocenters. The first kappa shape index (κ1) is 13.0. The third-order valence-electron chi connectivity index (χ3n) is 2.69. The molecule has 2 rings (SSSR count). The molecule has 0 aliphatic carbocycles. The summed E-state index contributed by atoms with van der Waals surface area (Å²) in [6.07, 6.45) is 0.472. The first-order valence-electron chi connectivity index (χ1n) is 5.38. The van der Waals surface area contributed by atoms with E-state index in [4.69, 9.17) is 23.8 Å². The molecular formula is C12H11ClN2O2S. The van der Waals surface area contributed by atoms with Gasteiger partial charge in [0.1, 0.15) is 6.04 Å². The van der Waals surface area contributed by atoms with Crippen molar-refractivity contribution < 1.29 is 9.59 Å². The molecule has 0 aromatic heterocycles. The summed E-state index contributed by atoms with van der Waals surface area (Å²) in [6, 6.07) is 6.73. The highest BCUT2D eigenvalue weighted by Gasteiger charge is 2.37. The summed E-state index contributed by atoms with van der Waals surface area (Å²) in [5, 5.41) is 3.67. The average molecular weight is 283 g/mol. The number of benzene rings is 1. The maximum absolute atomic E-state index is 12.0. The van der Waals surface area contributed by atoms with Crippen LogP contribution < -0.4 is 5.32 Å². The molecule has 1 aliphatic heterocycles. The molecule has 1 atom stereocenters. The zero-order chi connectivity index (χ0) is 13.3. The van der Waals surface area contributed by atoms with Crippen molar-refractivity contribution in [3.8, 4) is 0 Å². The standard InChI is InChI=1S/C12H11ClN2O2S/c1-7(16)15-11(17)10(14-12(15)18)6-8-2-4-9(13)5-3-8/h2-5,10H,6H2,1H3,(H,14,18)/t10-/m1/s1. The van der Waals surface area contributed by atoms with Gasteiger partial charge in [0.25, 0.3) is 5.91 Å². The van der Waals surface area contributed by atoms with Crippen molar-refractivity contribution in [1.82, 2.24) is 10.2 Å². The third-order valence-corrected chi connectivity index (χ3v) is 3.24. The van der Waals surface area contributed by atoms with Crippen LogP contribution in [0.25, 0.3) is 0 Å². The number of thiocarbonyl (C=S) groups is 1. The van der Waals surface area contributed by atoms with Crippen LogP contribution in [0.5, 0.6) is 0 Å². The van der Waals surface area contributed by atoms with E-state index in [-0.39, 0.29) is 16.9 Å². The van der Waals surface area contributed by atoms with Crippen molar-refractivity contribution in [2.45, 2.75) is 19.4 Å². The Morgan fingerprint density at radius 1 is 1.44 bits per heavy atom. The lowest BCUT2D eigenvalue weighted by Crippen LogP contribution is -2.35. The molecule has 1 N–H and O–H groups in total. The fourth-order valence-electron chi connectivity index (χ4n) is 1.82. The quantitative estimate of drug-likeness (QED) is 0.836. The molecule has 1 heterocycles. The minimum absolute atomic E-state index is 0.173. The van der Waals surface area contributed by atoms with E-state index >= 15 is 0 Å². The van der Waals surface area contributed by atoms with Gasteiger partial charge in [0, 0.05) is 18.4 Å². The largest absolute Gasteiger partial charge is 0.350 e. The number of imide groups is 1. The van der Waals surface area contributed by atoms with Crippen molar-refractivity contribution in [2.75, 3.05) is 0 Å². The molecule has 0 radical (unpaired) electrons. The van der Waals surface area contributed by atoms with E-state index in [2.05, 4.69) is 5.32 Å². The second-order valence-corrected chi connectivity index (χ2v) is 4.85. The highest BCUT2D eigenvalue weighted by Crippen LogP contribution is 2.15. The first-order valence-corrected chi connectivity index (χ1v) is 6.17. The van der Waals surface area contributed by atoms with E-state index in [1.807, 2.05) is 12.1 Å². The maximum Gasteiger partial charge on any atom is 0.258 e. The number of amides is 2. The smallest absolute Gasteiger partial charge is 0.258 e. The summed E-state index contributed by atoms with van der Waals surface area (Å²) < 4.78 is 0. The summed E-state index contributed by atoms with van der Waals surface area (Å²) >= 11 is 10.7. The number of rotatable bonds is 2. The molecule has 1 fully saturated rings. The van der Waals surface area contributed by atoms with Gasteiger partial charge in [-0.3, -0.25) is 9.59 Å². The van der Waals surface area contributed by atoms with Gasteiger partial charge in [-0.25, -0.2) is 4.90 Å². The Kier molecular flexibility index (Phi) is 3.63. The lowest BCUT2D eigenvalue weighted by Gasteiger charge is -2.09. The average Bonchev–Trinajstić information content (AvgIpc) is 2.57. The molecule has 6 heteroatoms. The molecular weight excluding hydrogens is 272 g/mol. The highest BCUT2D eigenvalue weighted by molar-refractivity contribution is 7.80. The molecule has 1 aromatic rings. The van der Waals surface area contributed by atoms with E-state index in [9.17, 15) is 9.59 Å². The van der Waals surface area contributed by atoms with E-state index in [1.54, 1.807) is 12.1 Å². The second kappa shape index (κ2) is 5.04. The van der Waals surface area contributed by atoms with Crippen LogP contribution in [-0.2, 0) is 16.0 Å². The van der Waals surface area contributed by atoms with E-state index in [0.29, 0.717) is 11.4 Å². The van der Waals surface area contributed by atoms with Crippen molar-refractivity contribution in [3.05, 3.63) is 34.9 Å². The predicted molar refractivity (Wildman–Crippen MR) is 72.2 cm³/mol. The Hall–Kier alpha value is -1.46. The van der Waals surface area contributed by atoms with Crippen molar-refractivity contribution >= 4 is 40.7 Å². The van der Waals surface area contributed by atoms with E-state index in [1.165, 1.54) is 6.92 Å². The number of halogens is 1. The highest BCUT2D eigenvalue weighted by atomic mass is 35.5. The van der Waals surface area contributed by atoms with Gasteiger partial charge in [0.2, 0.25) is 5.91 Å². The van der Waals surface area contributed by atoms with Crippen LogP contribution in [0.4, 0.5) is 0 Å². The molecule has 94 valence electrons. The molecule has 0 spiro atoms. The Bertz CT molecular complexity index is 515. The fourth-order valence-corrected chi connectivity index (χ4v) is 2.31. The van der Waals surface area contributed by atoms with Gasteiger partial charge >= 0.3 is 0 Å². The number of carbonyl (C=O) groups excluding carboxylic acids is 2. The van der Waals surface area contributed by atoms with Crippen LogP contribution in [0, 0.1) is 0 Å². The van der Waals surface area contributed by atoms with Crippen LogP contribution in [-0.4, -0.2) is 27.9 Å². The number of hydrogen-bond donors (Lipinski definition) is 1. The number of nitrogens with zero attached hydrogens (tertiary/aromatic N) is 1. The van der Waals surface area contributed by atoms with Crippen LogP contribution in [0.1, 0.15) is 12.5 Å². The molecule has 1 aromatic carbocycles. The van der Waals surface area contributed by atoms with Crippen LogP contribution >= 0.6 is 23.8 Å². The SMILES string of the molecule is CC(=O)N1C(=O)[C@@H](Cc2ccc(Cl)cc2)NC1=S. The van der Waals surface area contributed by atoms with Crippen molar-refractivity contribution in [3.63, 3.8) is 0 Å². The molecule has 18 heavy (non-hydrogen) atoms. The van der Waals surface area contributed by atoms with Gasteiger partial charge in [-0.2, -0.15) is 0 Å². The predicted octanol–water partition coefficient (Wildman–Crippen LogP) is 1.51. The lowest BCUT2D eigenvalue weighted by atomic mass is 10.1. The summed E-state index contributed by atoms with van der Waals surface area (Å²) in [4.78, 5) is 24.2. The Labute approximate surface area is 115 Å². The molecule has 1 aliphatic rings.